The minimum Gasteiger partial charge on any atom is -0.397 e. The maximum absolute atomic E-state index is 12.7. The first-order valence-corrected chi connectivity index (χ1v) is 6.43. The average molecular weight is 252 g/mol. The van der Waals surface area contributed by atoms with Gasteiger partial charge in [-0.25, -0.2) is 0 Å². The van der Waals surface area contributed by atoms with Gasteiger partial charge in [-0.05, 0) is 36.6 Å². The molecule has 19 heavy (non-hydrogen) atoms. The summed E-state index contributed by atoms with van der Waals surface area (Å²) in [6, 6.07) is 13.5. The van der Waals surface area contributed by atoms with E-state index in [-0.39, 0.29) is 5.91 Å². The van der Waals surface area contributed by atoms with Crippen molar-refractivity contribution >= 4 is 17.3 Å². The molecule has 96 valence electrons. The molecule has 0 aromatic heterocycles. The fraction of sp³-hybridized carbons (Fsp3) is 0.188. The third-order valence-corrected chi connectivity index (χ3v) is 3.65. The summed E-state index contributed by atoms with van der Waals surface area (Å²) in [7, 11) is 0. The monoisotopic (exact) mass is 252 g/mol. The molecule has 0 saturated heterocycles. The highest BCUT2D eigenvalue weighted by molar-refractivity contribution is 6.09. The molecule has 0 fully saturated rings. The Labute approximate surface area is 112 Å². The standard InChI is InChI=1S/C16H16N2O/c1-11-5-2-3-7-13(11)16(19)18-10-9-12-6-4-8-14(17)15(12)18/h2-8H,9-10,17H2,1H3. The summed E-state index contributed by atoms with van der Waals surface area (Å²) >= 11 is 0. The average Bonchev–Trinajstić information content (AvgIpc) is 2.84. The highest BCUT2D eigenvalue weighted by Gasteiger charge is 2.27. The van der Waals surface area contributed by atoms with Crippen molar-refractivity contribution < 1.29 is 4.79 Å². The molecule has 2 aromatic rings. The van der Waals surface area contributed by atoms with Crippen LogP contribution in [0.1, 0.15) is 21.5 Å². The van der Waals surface area contributed by atoms with Crippen molar-refractivity contribution in [2.24, 2.45) is 0 Å². The molecule has 0 spiro atoms. The number of carbonyl (C=O) groups is 1. The van der Waals surface area contributed by atoms with E-state index in [1.54, 1.807) is 4.90 Å². The van der Waals surface area contributed by atoms with Gasteiger partial charge in [0, 0.05) is 12.1 Å². The van der Waals surface area contributed by atoms with E-state index >= 15 is 0 Å². The van der Waals surface area contributed by atoms with Crippen LogP contribution in [0.5, 0.6) is 0 Å². The Morgan fingerprint density at radius 3 is 2.74 bits per heavy atom. The number of carbonyl (C=O) groups excluding carboxylic acids is 1. The van der Waals surface area contributed by atoms with Gasteiger partial charge in [0.2, 0.25) is 0 Å². The van der Waals surface area contributed by atoms with Gasteiger partial charge in [-0.2, -0.15) is 0 Å². The van der Waals surface area contributed by atoms with E-state index in [0.717, 1.165) is 28.8 Å². The van der Waals surface area contributed by atoms with Crippen LogP contribution in [0, 0.1) is 6.92 Å². The van der Waals surface area contributed by atoms with Crippen molar-refractivity contribution in [1.29, 1.82) is 0 Å². The van der Waals surface area contributed by atoms with E-state index in [0.29, 0.717) is 12.2 Å². The van der Waals surface area contributed by atoms with Gasteiger partial charge in [0.15, 0.2) is 0 Å². The number of nitrogens with zero attached hydrogens (tertiary/aromatic N) is 1. The molecule has 0 saturated carbocycles. The van der Waals surface area contributed by atoms with Crippen LogP contribution in [0.2, 0.25) is 0 Å². The smallest absolute Gasteiger partial charge is 0.258 e. The number of benzene rings is 2. The van der Waals surface area contributed by atoms with Crippen molar-refractivity contribution in [2.45, 2.75) is 13.3 Å². The molecule has 1 aliphatic heterocycles. The van der Waals surface area contributed by atoms with Crippen molar-refractivity contribution in [2.75, 3.05) is 17.2 Å². The van der Waals surface area contributed by atoms with Gasteiger partial charge in [-0.3, -0.25) is 4.79 Å². The Bertz CT molecular complexity index is 649. The number of hydrogen-bond acceptors (Lipinski definition) is 2. The molecular weight excluding hydrogens is 236 g/mol. The first-order chi connectivity index (χ1) is 9.18. The van der Waals surface area contributed by atoms with Gasteiger partial charge in [0.05, 0.1) is 11.4 Å². The Balaban J connectivity index is 2.03. The zero-order valence-corrected chi connectivity index (χ0v) is 10.9. The Kier molecular flexibility index (Phi) is 2.75. The van der Waals surface area contributed by atoms with E-state index in [1.807, 2.05) is 49.4 Å². The van der Waals surface area contributed by atoms with Gasteiger partial charge in [-0.1, -0.05) is 30.3 Å². The number of rotatable bonds is 1. The van der Waals surface area contributed by atoms with Crippen LogP contribution in [0.4, 0.5) is 11.4 Å². The quantitative estimate of drug-likeness (QED) is 0.793. The Hall–Kier alpha value is -2.29. The van der Waals surface area contributed by atoms with E-state index in [1.165, 1.54) is 0 Å². The number of nitrogen functional groups attached to an aromatic ring is 1. The fourth-order valence-corrected chi connectivity index (χ4v) is 2.65. The number of anilines is 2. The van der Waals surface area contributed by atoms with Crippen LogP contribution in [-0.4, -0.2) is 12.5 Å². The summed E-state index contributed by atoms with van der Waals surface area (Å²) in [5.41, 5.74) is 10.5. The van der Waals surface area contributed by atoms with Crippen molar-refractivity contribution in [3.05, 3.63) is 59.2 Å². The molecule has 3 nitrogen and oxygen atoms in total. The lowest BCUT2D eigenvalue weighted by atomic mass is 10.1. The van der Waals surface area contributed by atoms with Crippen LogP contribution in [0.15, 0.2) is 42.5 Å². The normalized spacial score (nSPS) is 13.4. The zero-order chi connectivity index (χ0) is 13.4. The molecule has 1 amide bonds. The lowest BCUT2D eigenvalue weighted by Crippen LogP contribution is -2.30. The number of fused-ring (bicyclic) bond motifs is 1. The number of amides is 1. The third kappa shape index (κ3) is 1.87. The lowest BCUT2D eigenvalue weighted by molar-refractivity contribution is 0.0989. The van der Waals surface area contributed by atoms with Gasteiger partial charge in [0.1, 0.15) is 0 Å². The van der Waals surface area contributed by atoms with Crippen molar-refractivity contribution in [3.8, 4) is 0 Å². The summed E-state index contributed by atoms with van der Waals surface area (Å²) < 4.78 is 0. The first kappa shape index (κ1) is 11.8. The maximum atomic E-state index is 12.7. The highest BCUT2D eigenvalue weighted by Crippen LogP contribution is 2.34. The molecule has 0 aliphatic carbocycles. The molecule has 0 radical (unpaired) electrons. The van der Waals surface area contributed by atoms with Crippen LogP contribution < -0.4 is 10.6 Å². The summed E-state index contributed by atoms with van der Waals surface area (Å²) in [6.07, 6.45) is 0.873. The topological polar surface area (TPSA) is 46.3 Å². The second-order valence-corrected chi connectivity index (χ2v) is 4.88. The predicted molar refractivity (Wildman–Crippen MR) is 77.4 cm³/mol. The molecular formula is C16H16N2O. The summed E-state index contributed by atoms with van der Waals surface area (Å²) in [6.45, 7) is 2.66. The van der Waals surface area contributed by atoms with Crippen LogP contribution in [0.3, 0.4) is 0 Å². The molecule has 0 bridgehead atoms. The SMILES string of the molecule is Cc1ccccc1C(=O)N1CCc2cccc(N)c21. The van der Waals surface area contributed by atoms with E-state index < -0.39 is 0 Å². The fourth-order valence-electron chi connectivity index (χ4n) is 2.65. The molecule has 0 unspecified atom stereocenters. The largest absolute Gasteiger partial charge is 0.397 e. The molecule has 2 aromatic carbocycles. The molecule has 3 heteroatoms. The summed E-state index contributed by atoms with van der Waals surface area (Å²) in [4.78, 5) is 14.5. The van der Waals surface area contributed by atoms with Crippen molar-refractivity contribution in [3.63, 3.8) is 0 Å². The van der Waals surface area contributed by atoms with Crippen LogP contribution >= 0.6 is 0 Å². The second kappa shape index (κ2) is 4.43. The minimum atomic E-state index is 0.0368. The molecule has 3 rings (SSSR count). The Morgan fingerprint density at radius 1 is 1.16 bits per heavy atom. The number of nitrogens with two attached hydrogens (primary N) is 1. The molecule has 1 heterocycles. The number of hydrogen-bond donors (Lipinski definition) is 1. The van der Waals surface area contributed by atoms with Crippen molar-refractivity contribution in [1.82, 2.24) is 0 Å². The van der Waals surface area contributed by atoms with Gasteiger partial charge in [0.25, 0.3) is 5.91 Å². The van der Waals surface area contributed by atoms with Gasteiger partial charge < -0.3 is 10.6 Å². The molecule has 1 aliphatic rings. The second-order valence-electron chi connectivity index (χ2n) is 4.88. The van der Waals surface area contributed by atoms with E-state index in [2.05, 4.69) is 0 Å². The summed E-state index contributed by atoms with van der Waals surface area (Å²) in [5, 5.41) is 0. The van der Waals surface area contributed by atoms with Crippen LogP contribution in [-0.2, 0) is 6.42 Å². The molecule has 2 N–H and O–H groups in total. The zero-order valence-electron chi connectivity index (χ0n) is 10.9. The van der Waals surface area contributed by atoms with Gasteiger partial charge in [-0.15, -0.1) is 0 Å². The first-order valence-electron chi connectivity index (χ1n) is 6.43. The number of para-hydroxylation sites is 1. The summed E-state index contributed by atoms with van der Waals surface area (Å²) in [5.74, 6) is 0.0368. The van der Waals surface area contributed by atoms with Crippen LogP contribution in [0.25, 0.3) is 0 Å². The van der Waals surface area contributed by atoms with Gasteiger partial charge >= 0.3 is 0 Å². The lowest BCUT2D eigenvalue weighted by Gasteiger charge is -2.20. The highest BCUT2D eigenvalue weighted by atomic mass is 16.2. The van der Waals surface area contributed by atoms with E-state index in [4.69, 9.17) is 5.73 Å². The predicted octanol–water partition coefficient (Wildman–Crippen LogP) is 2.78. The number of aryl methyl sites for hydroxylation is 1. The molecule has 0 atom stereocenters. The Morgan fingerprint density at radius 2 is 1.95 bits per heavy atom. The minimum absolute atomic E-state index is 0.0368. The third-order valence-electron chi connectivity index (χ3n) is 3.65. The van der Waals surface area contributed by atoms with E-state index in [9.17, 15) is 4.79 Å². The maximum Gasteiger partial charge on any atom is 0.258 e.